The molecule has 1 amide bonds. The van der Waals surface area contributed by atoms with Crippen LogP contribution >= 0.6 is 0 Å². The molecule has 124 valence electrons. The molecule has 0 saturated carbocycles. The van der Waals surface area contributed by atoms with Gasteiger partial charge >= 0.3 is 0 Å². The van der Waals surface area contributed by atoms with Gasteiger partial charge in [-0.2, -0.15) is 5.10 Å². The number of amides is 1. The molecule has 7 heteroatoms. The van der Waals surface area contributed by atoms with Crippen molar-refractivity contribution in [3.8, 4) is 0 Å². The Kier molecular flexibility index (Phi) is 4.16. The normalized spacial score (nSPS) is 10.8. The number of hydrogen-bond acceptors (Lipinski definition) is 4. The van der Waals surface area contributed by atoms with Gasteiger partial charge in [0.25, 0.3) is 5.91 Å². The zero-order valence-corrected chi connectivity index (χ0v) is 14.2. The molecule has 3 rings (SSSR count). The number of hydrogen-bond donors (Lipinski definition) is 1. The van der Waals surface area contributed by atoms with E-state index in [1.165, 1.54) is 11.1 Å². The maximum absolute atomic E-state index is 12.4. The summed E-state index contributed by atoms with van der Waals surface area (Å²) in [5, 5.41) is 11.3. The maximum atomic E-state index is 12.4. The van der Waals surface area contributed by atoms with Gasteiger partial charge in [-0.1, -0.05) is 24.3 Å². The number of anilines is 1. The van der Waals surface area contributed by atoms with E-state index in [9.17, 15) is 4.79 Å². The van der Waals surface area contributed by atoms with E-state index >= 15 is 0 Å². The van der Waals surface area contributed by atoms with Crippen molar-refractivity contribution in [2.75, 3.05) is 5.32 Å². The van der Waals surface area contributed by atoms with Gasteiger partial charge in [-0.05, 0) is 31.9 Å². The minimum Gasteiger partial charge on any atom is -0.289 e. The van der Waals surface area contributed by atoms with Crippen molar-refractivity contribution in [3.63, 3.8) is 0 Å². The van der Waals surface area contributed by atoms with Crippen LogP contribution in [0.15, 0.2) is 30.6 Å². The predicted octanol–water partition coefficient (Wildman–Crippen LogP) is 2.24. The summed E-state index contributed by atoms with van der Waals surface area (Å²) in [6, 6.07) is 8.11. The SMILES string of the molecule is Cc1ccccc1Cn1cnc(NC(=O)c2c(C)nn(C)c2C)n1. The Morgan fingerprint density at radius 1 is 1.17 bits per heavy atom. The minimum absolute atomic E-state index is 0.244. The molecule has 2 heterocycles. The van der Waals surface area contributed by atoms with E-state index in [4.69, 9.17) is 0 Å². The van der Waals surface area contributed by atoms with E-state index in [-0.39, 0.29) is 11.9 Å². The van der Waals surface area contributed by atoms with E-state index < -0.39 is 0 Å². The lowest BCUT2D eigenvalue weighted by Crippen LogP contribution is -2.15. The Morgan fingerprint density at radius 2 is 1.92 bits per heavy atom. The molecule has 0 atom stereocenters. The fourth-order valence-electron chi connectivity index (χ4n) is 2.66. The van der Waals surface area contributed by atoms with Crippen molar-refractivity contribution < 1.29 is 4.79 Å². The molecule has 2 aromatic heterocycles. The molecule has 0 spiro atoms. The van der Waals surface area contributed by atoms with Crippen LogP contribution in [-0.2, 0) is 13.6 Å². The van der Waals surface area contributed by atoms with E-state index in [0.29, 0.717) is 17.8 Å². The van der Waals surface area contributed by atoms with Crippen LogP contribution < -0.4 is 5.32 Å². The Balaban J connectivity index is 1.74. The molecular weight excluding hydrogens is 304 g/mol. The van der Waals surface area contributed by atoms with Crippen LogP contribution in [-0.4, -0.2) is 30.5 Å². The first-order valence-electron chi connectivity index (χ1n) is 7.71. The summed E-state index contributed by atoms with van der Waals surface area (Å²) < 4.78 is 3.40. The van der Waals surface area contributed by atoms with Gasteiger partial charge < -0.3 is 0 Å². The first-order valence-corrected chi connectivity index (χ1v) is 7.71. The first kappa shape index (κ1) is 15.9. The average Bonchev–Trinajstić information content (AvgIpc) is 3.06. The number of nitrogens with zero attached hydrogens (tertiary/aromatic N) is 5. The van der Waals surface area contributed by atoms with Crippen LogP contribution in [0.25, 0.3) is 0 Å². The lowest BCUT2D eigenvalue weighted by Gasteiger charge is -2.05. The average molecular weight is 324 g/mol. The number of aromatic nitrogens is 5. The second-order valence-corrected chi connectivity index (χ2v) is 5.82. The van der Waals surface area contributed by atoms with E-state index in [1.807, 2.05) is 33.0 Å². The maximum Gasteiger partial charge on any atom is 0.261 e. The van der Waals surface area contributed by atoms with Crippen molar-refractivity contribution in [1.82, 2.24) is 24.5 Å². The van der Waals surface area contributed by atoms with Crippen LogP contribution in [0.1, 0.15) is 32.9 Å². The van der Waals surface area contributed by atoms with Gasteiger partial charge in [0, 0.05) is 12.7 Å². The molecular formula is C17H20N6O. The van der Waals surface area contributed by atoms with Gasteiger partial charge in [-0.3, -0.25) is 14.8 Å². The lowest BCUT2D eigenvalue weighted by atomic mass is 10.1. The van der Waals surface area contributed by atoms with Crippen LogP contribution in [0.2, 0.25) is 0 Å². The van der Waals surface area contributed by atoms with Crippen LogP contribution in [0.3, 0.4) is 0 Å². The molecule has 0 bridgehead atoms. The van der Waals surface area contributed by atoms with Gasteiger partial charge in [0.15, 0.2) is 0 Å². The topological polar surface area (TPSA) is 77.6 Å². The molecule has 0 aliphatic carbocycles. The number of rotatable bonds is 4. The molecule has 0 aliphatic heterocycles. The Morgan fingerprint density at radius 3 is 2.58 bits per heavy atom. The van der Waals surface area contributed by atoms with E-state index in [0.717, 1.165) is 5.69 Å². The second kappa shape index (κ2) is 6.27. The molecule has 0 radical (unpaired) electrons. The zero-order chi connectivity index (χ0) is 17.3. The van der Waals surface area contributed by atoms with Crippen LogP contribution in [0.5, 0.6) is 0 Å². The highest BCUT2D eigenvalue weighted by Gasteiger charge is 2.18. The molecule has 24 heavy (non-hydrogen) atoms. The van der Waals surface area contributed by atoms with Crippen LogP contribution in [0.4, 0.5) is 5.95 Å². The zero-order valence-electron chi connectivity index (χ0n) is 14.2. The number of benzene rings is 1. The van der Waals surface area contributed by atoms with Gasteiger partial charge in [0.05, 0.1) is 17.8 Å². The molecule has 1 N–H and O–H groups in total. The third-order valence-electron chi connectivity index (χ3n) is 4.09. The summed E-state index contributed by atoms with van der Waals surface area (Å²) in [5.41, 5.74) is 4.42. The highest BCUT2D eigenvalue weighted by atomic mass is 16.1. The third kappa shape index (κ3) is 3.05. The van der Waals surface area contributed by atoms with Crippen molar-refractivity contribution in [2.24, 2.45) is 7.05 Å². The molecule has 0 saturated heterocycles. The molecule has 3 aromatic rings. The Bertz CT molecular complexity index is 892. The highest BCUT2D eigenvalue weighted by Crippen LogP contribution is 2.14. The van der Waals surface area contributed by atoms with Gasteiger partial charge in [0.1, 0.15) is 6.33 Å². The van der Waals surface area contributed by atoms with Crippen molar-refractivity contribution in [2.45, 2.75) is 27.3 Å². The smallest absolute Gasteiger partial charge is 0.261 e. The van der Waals surface area contributed by atoms with E-state index in [2.05, 4.69) is 39.6 Å². The summed E-state index contributed by atoms with van der Waals surface area (Å²) in [6.07, 6.45) is 1.62. The third-order valence-corrected chi connectivity index (χ3v) is 4.09. The van der Waals surface area contributed by atoms with Crippen LogP contribution in [0, 0.1) is 20.8 Å². The fourth-order valence-corrected chi connectivity index (χ4v) is 2.66. The van der Waals surface area contributed by atoms with Crippen molar-refractivity contribution >= 4 is 11.9 Å². The summed E-state index contributed by atoms with van der Waals surface area (Å²) in [4.78, 5) is 16.6. The van der Waals surface area contributed by atoms with Crippen molar-refractivity contribution in [1.29, 1.82) is 0 Å². The number of carbonyl (C=O) groups excluding carboxylic acids is 1. The fraction of sp³-hybridized carbons (Fsp3) is 0.294. The molecule has 0 unspecified atom stereocenters. The summed E-state index contributed by atoms with van der Waals surface area (Å²) >= 11 is 0. The highest BCUT2D eigenvalue weighted by molar-refractivity contribution is 6.04. The lowest BCUT2D eigenvalue weighted by molar-refractivity contribution is 0.102. The summed E-state index contributed by atoms with van der Waals surface area (Å²) in [6.45, 7) is 6.34. The Labute approximate surface area is 140 Å². The van der Waals surface area contributed by atoms with E-state index in [1.54, 1.807) is 15.7 Å². The first-order chi connectivity index (χ1) is 11.5. The largest absolute Gasteiger partial charge is 0.289 e. The number of aryl methyl sites for hydroxylation is 3. The Hall–Kier alpha value is -2.96. The minimum atomic E-state index is -0.244. The summed E-state index contributed by atoms with van der Waals surface area (Å²) in [7, 11) is 1.81. The quantitative estimate of drug-likeness (QED) is 0.798. The monoisotopic (exact) mass is 324 g/mol. The summed E-state index contributed by atoms with van der Waals surface area (Å²) in [5.74, 6) is 0.0444. The van der Waals surface area contributed by atoms with Gasteiger partial charge in [0.2, 0.25) is 5.95 Å². The number of nitrogens with one attached hydrogen (secondary N) is 1. The molecule has 0 fully saturated rings. The van der Waals surface area contributed by atoms with Gasteiger partial charge in [-0.25, -0.2) is 9.67 Å². The van der Waals surface area contributed by atoms with Gasteiger partial charge in [-0.15, -0.1) is 5.10 Å². The molecule has 1 aromatic carbocycles. The number of carbonyl (C=O) groups is 1. The predicted molar refractivity (Wildman–Crippen MR) is 90.9 cm³/mol. The standard InChI is InChI=1S/C17H20N6O/c1-11-7-5-6-8-14(11)9-23-10-18-17(21-23)19-16(24)15-12(2)20-22(4)13(15)3/h5-8,10H,9H2,1-4H3,(H,19,21,24). The second-order valence-electron chi connectivity index (χ2n) is 5.82. The molecule has 0 aliphatic rings. The van der Waals surface area contributed by atoms with Crippen molar-refractivity contribution in [3.05, 3.63) is 58.7 Å². The molecule has 7 nitrogen and oxygen atoms in total.